The third-order valence-corrected chi connectivity index (χ3v) is 2.25. The van der Waals surface area contributed by atoms with Crippen LogP contribution in [0.25, 0.3) is 0 Å². The van der Waals surface area contributed by atoms with Crippen molar-refractivity contribution in [3.05, 3.63) is 0 Å². The Hall–Kier alpha value is 0.217. The molecule has 1 heteroatoms. The van der Waals surface area contributed by atoms with Crippen LogP contribution in [-0.2, 0) is 0 Å². The Morgan fingerprint density at radius 1 is 1.33 bits per heavy atom. The van der Waals surface area contributed by atoms with Gasteiger partial charge in [-0.2, -0.15) is 0 Å². The van der Waals surface area contributed by atoms with Gasteiger partial charge >= 0.3 is 8.80 Å². The van der Waals surface area contributed by atoms with Crippen LogP contribution < -0.4 is 0 Å². The van der Waals surface area contributed by atoms with Crippen LogP contribution in [0.1, 0.15) is 13.3 Å². The number of hydrogen-bond donors (Lipinski definition) is 0. The van der Waals surface area contributed by atoms with Gasteiger partial charge in [0.25, 0.3) is 0 Å². The maximum absolute atomic E-state index is 2.36. The first-order valence-corrected chi connectivity index (χ1v) is 5.27. The van der Waals surface area contributed by atoms with E-state index in [2.05, 4.69) is 20.0 Å². The highest BCUT2D eigenvalue weighted by atomic mass is 28.3. The quantitative estimate of drug-likeness (QED) is 0.467. The van der Waals surface area contributed by atoms with Crippen molar-refractivity contribution < 1.29 is 0 Å². The minimum absolute atomic E-state index is 0.114. The summed E-state index contributed by atoms with van der Waals surface area (Å²) < 4.78 is 0. The van der Waals surface area contributed by atoms with E-state index < -0.39 is 0 Å². The molecule has 0 aliphatic rings. The summed E-state index contributed by atoms with van der Waals surface area (Å²) in [6.45, 7) is 6.96. The third-order valence-electron chi connectivity index (χ3n) is 0.750. The van der Waals surface area contributed by atoms with Crippen molar-refractivity contribution >= 4 is 8.80 Å². The molecule has 0 bridgehead atoms. The molecule has 0 aromatic heterocycles. The topological polar surface area (TPSA) is 0 Å². The molecule has 0 aliphatic carbocycles. The largest absolute Gasteiger partial charge is 0.307 e. The van der Waals surface area contributed by atoms with Crippen LogP contribution in [-0.4, -0.2) is 8.80 Å². The molecule has 0 spiro atoms. The lowest BCUT2D eigenvalue weighted by atomic mass is 10.6. The predicted molar refractivity (Wildman–Crippen MR) is 32.6 cm³/mol. The van der Waals surface area contributed by atoms with Crippen molar-refractivity contribution in [2.75, 3.05) is 0 Å². The van der Waals surface area contributed by atoms with Gasteiger partial charge in [-0.25, -0.2) is 0 Å². The Balaban J connectivity index is 2.63. The van der Waals surface area contributed by atoms with E-state index >= 15 is 0 Å². The first kappa shape index (κ1) is 6.22. The Labute approximate surface area is 42.2 Å². The Morgan fingerprint density at radius 2 is 1.83 bits per heavy atom. The summed E-state index contributed by atoms with van der Waals surface area (Å²) in [5.41, 5.74) is 0. The van der Waals surface area contributed by atoms with Crippen molar-refractivity contribution in [2.24, 2.45) is 0 Å². The second-order valence-corrected chi connectivity index (χ2v) is 4.87. The van der Waals surface area contributed by atoms with E-state index in [1.165, 1.54) is 12.5 Å². The molecule has 0 radical (unpaired) electrons. The molecule has 0 heterocycles. The summed E-state index contributed by atoms with van der Waals surface area (Å²) in [7, 11) is 0.114. The number of hydrogen-bond acceptors (Lipinski definition) is 0. The van der Waals surface area contributed by atoms with E-state index in [0.717, 1.165) is 0 Å². The van der Waals surface area contributed by atoms with Crippen LogP contribution in [0.4, 0.5) is 0 Å². The van der Waals surface area contributed by atoms with Gasteiger partial charge in [-0.05, 0) is 6.42 Å². The highest BCUT2D eigenvalue weighted by molar-refractivity contribution is 6.55. The van der Waals surface area contributed by atoms with Gasteiger partial charge in [-0.1, -0.05) is 6.92 Å². The van der Waals surface area contributed by atoms with Gasteiger partial charge in [0.05, 0.1) is 19.1 Å². The molecular formula is C5H13Si+. The summed E-state index contributed by atoms with van der Waals surface area (Å²) in [6, 6.07) is 1.48. The van der Waals surface area contributed by atoms with Gasteiger partial charge in [0.2, 0.25) is 0 Å². The van der Waals surface area contributed by atoms with E-state index in [9.17, 15) is 0 Å². The van der Waals surface area contributed by atoms with Crippen molar-refractivity contribution in [3.8, 4) is 0 Å². The second-order valence-electron chi connectivity index (χ2n) is 1.96. The molecular weight excluding hydrogens is 88.1 g/mol. The van der Waals surface area contributed by atoms with Crippen LogP contribution in [0.5, 0.6) is 0 Å². The van der Waals surface area contributed by atoms with Crippen LogP contribution >= 0.6 is 0 Å². The zero-order valence-electron chi connectivity index (χ0n) is 4.91. The summed E-state index contributed by atoms with van der Waals surface area (Å²) >= 11 is 0. The molecule has 0 N–H and O–H groups in total. The first-order valence-electron chi connectivity index (χ1n) is 2.56. The molecule has 0 atom stereocenters. The number of rotatable bonds is 2. The van der Waals surface area contributed by atoms with Gasteiger partial charge in [0.1, 0.15) is 0 Å². The van der Waals surface area contributed by atoms with Gasteiger partial charge in [0, 0.05) is 0 Å². The Morgan fingerprint density at radius 3 is 1.83 bits per heavy atom. The van der Waals surface area contributed by atoms with E-state index in [-0.39, 0.29) is 8.80 Å². The molecule has 0 fully saturated rings. The van der Waals surface area contributed by atoms with Crippen LogP contribution in [0, 0.1) is 0 Å². The molecule has 0 aliphatic heterocycles. The van der Waals surface area contributed by atoms with Crippen LogP contribution in [0.15, 0.2) is 0 Å². The SMILES string of the molecule is CCC[Si+](C)C. The molecule has 0 amide bonds. The molecule has 0 rings (SSSR count). The smallest absolute Gasteiger partial charge is 0.0628 e. The molecule has 0 aromatic rings. The Kier molecular flexibility index (Phi) is 3.53. The van der Waals surface area contributed by atoms with Crippen molar-refractivity contribution in [2.45, 2.75) is 32.5 Å². The fourth-order valence-electron chi connectivity index (χ4n) is 0.500. The molecule has 0 unspecified atom stereocenters. The first-order chi connectivity index (χ1) is 2.77. The lowest BCUT2D eigenvalue weighted by molar-refractivity contribution is 1.06. The summed E-state index contributed by atoms with van der Waals surface area (Å²) in [5, 5.41) is 0. The lowest BCUT2D eigenvalue weighted by Crippen LogP contribution is -1.95. The summed E-state index contributed by atoms with van der Waals surface area (Å²) in [6.07, 6.45) is 1.38. The average molecular weight is 101 g/mol. The predicted octanol–water partition coefficient (Wildman–Crippen LogP) is 2.15. The minimum atomic E-state index is 0.114. The lowest BCUT2D eigenvalue weighted by Gasteiger charge is -1.78. The monoisotopic (exact) mass is 101 g/mol. The van der Waals surface area contributed by atoms with Gasteiger partial charge < -0.3 is 0 Å². The van der Waals surface area contributed by atoms with Gasteiger partial charge in [-0.3, -0.25) is 0 Å². The normalized spacial score (nSPS) is 8.50. The minimum Gasteiger partial charge on any atom is -0.0628 e. The molecule has 0 saturated heterocycles. The molecule has 0 saturated carbocycles. The van der Waals surface area contributed by atoms with Gasteiger partial charge in [0.15, 0.2) is 0 Å². The standard InChI is InChI=1S/C5H13Si/c1-4-5-6(2)3/h4-5H2,1-3H3/q+1. The van der Waals surface area contributed by atoms with E-state index in [1.54, 1.807) is 0 Å². The van der Waals surface area contributed by atoms with Crippen molar-refractivity contribution in [1.29, 1.82) is 0 Å². The maximum Gasteiger partial charge on any atom is 0.307 e. The summed E-state index contributed by atoms with van der Waals surface area (Å²) in [4.78, 5) is 0. The molecule has 36 valence electrons. The second kappa shape index (κ2) is 3.41. The Bertz CT molecular complexity index is 25.1. The third kappa shape index (κ3) is 4.22. The fourth-order valence-corrected chi connectivity index (χ4v) is 1.50. The maximum atomic E-state index is 2.36. The highest BCUT2D eigenvalue weighted by Crippen LogP contribution is 1.92. The molecule has 0 nitrogen and oxygen atoms in total. The van der Waals surface area contributed by atoms with Crippen molar-refractivity contribution in [1.82, 2.24) is 0 Å². The highest BCUT2D eigenvalue weighted by Gasteiger charge is 2.05. The zero-order chi connectivity index (χ0) is 4.99. The molecule has 6 heavy (non-hydrogen) atoms. The van der Waals surface area contributed by atoms with E-state index in [4.69, 9.17) is 0 Å². The van der Waals surface area contributed by atoms with Crippen LogP contribution in [0.3, 0.4) is 0 Å². The van der Waals surface area contributed by atoms with E-state index in [0.29, 0.717) is 0 Å². The van der Waals surface area contributed by atoms with Gasteiger partial charge in [-0.15, -0.1) is 0 Å². The summed E-state index contributed by atoms with van der Waals surface area (Å²) in [5.74, 6) is 0. The van der Waals surface area contributed by atoms with E-state index in [1.807, 2.05) is 0 Å². The molecule has 0 aromatic carbocycles. The van der Waals surface area contributed by atoms with Crippen LogP contribution in [0.2, 0.25) is 19.1 Å². The van der Waals surface area contributed by atoms with Crippen molar-refractivity contribution in [3.63, 3.8) is 0 Å². The average Bonchev–Trinajstić information content (AvgIpc) is 1.35. The zero-order valence-corrected chi connectivity index (χ0v) is 5.91. The fraction of sp³-hybridized carbons (Fsp3) is 1.00.